The molecule has 0 fully saturated rings. The van der Waals surface area contributed by atoms with Crippen molar-refractivity contribution < 1.29 is 0 Å². The fourth-order valence-electron chi connectivity index (χ4n) is 3.34. The Labute approximate surface area is 165 Å². The van der Waals surface area contributed by atoms with Crippen LogP contribution in [0.25, 0.3) is 15.9 Å². The van der Waals surface area contributed by atoms with E-state index in [-0.39, 0.29) is 12.1 Å². The maximum Gasteiger partial charge on any atom is 0.337 e. The highest BCUT2D eigenvalue weighted by atomic mass is 32.1. The smallest absolute Gasteiger partial charge is 0.279 e. The second-order valence-electron chi connectivity index (χ2n) is 6.58. The molecule has 2 aromatic carbocycles. The summed E-state index contributed by atoms with van der Waals surface area (Å²) in [4.78, 5) is 28.2. The van der Waals surface area contributed by atoms with Crippen LogP contribution in [0.1, 0.15) is 21.6 Å². The first kappa shape index (κ1) is 18.0. The summed E-state index contributed by atoms with van der Waals surface area (Å²) >= 11 is 1.44. The van der Waals surface area contributed by atoms with Gasteiger partial charge in [-0.2, -0.15) is 5.26 Å². The quantitative estimate of drug-likeness (QED) is 0.538. The molecule has 2 aromatic heterocycles. The molecule has 0 N–H and O–H groups in total. The zero-order chi connectivity index (χ0) is 19.8. The van der Waals surface area contributed by atoms with Crippen LogP contribution >= 0.6 is 11.3 Å². The van der Waals surface area contributed by atoms with Gasteiger partial charge in [0, 0.05) is 4.88 Å². The fourth-order valence-corrected chi connectivity index (χ4v) is 4.48. The van der Waals surface area contributed by atoms with E-state index in [1.54, 1.807) is 41.0 Å². The summed E-state index contributed by atoms with van der Waals surface area (Å²) < 4.78 is 2.82. The second-order valence-corrected chi connectivity index (χ2v) is 7.78. The average Bonchev–Trinajstić information content (AvgIpc) is 3.01. The highest BCUT2D eigenvalue weighted by Crippen LogP contribution is 2.27. The minimum atomic E-state index is -0.405. The molecule has 0 atom stereocenters. The minimum absolute atomic E-state index is 0.228. The lowest BCUT2D eigenvalue weighted by Crippen LogP contribution is -2.39. The standard InChI is InChI=1S/C22H17N3O2S/c1-14-15(2)28-21-19(14)20(26)25(18-10-4-3-5-11-18)22(27)24(21)13-17-9-7-6-8-16(17)12-23/h3-11H,13H2,1-2H3. The lowest BCUT2D eigenvalue weighted by Gasteiger charge is -2.13. The van der Waals surface area contributed by atoms with Gasteiger partial charge in [-0.05, 0) is 43.2 Å². The lowest BCUT2D eigenvalue weighted by atomic mass is 10.1. The van der Waals surface area contributed by atoms with Crippen LogP contribution in [-0.4, -0.2) is 9.13 Å². The van der Waals surface area contributed by atoms with Crippen molar-refractivity contribution in [2.45, 2.75) is 20.4 Å². The molecule has 28 heavy (non-hydrogen) atoms. The number of hydrogen-bond donors (Lipinski definition) is 0. The van der Waals surface area contributed by atoms with Crippen LogP contribution in [0.5, 0.6) is 0 Å². The first-order valence-electron chi connectivity index (χ1n) is 8.82. The summed E-state index contributed by atoms with van der Waals surface area (Å²) in [6.07, 6.45) is 0. The van der Waals surface area contributed by atoms with Crippen LogP contribution in [0.3, 0.4) is 0 Å². The van der Waals surface area contributed by atoms with E-state index in [1.807, 2.05) is 32.0 Å². The van der Waals surface area contributed by atoms with E-state index in [9.17, 15) is 14.9 Å². The van der Waals surface area contributed by atoms with Crippen LogP contribution in [0.15, 0.2) is 64.2 Å². The number of aromatic nitrogens is 2. The van der Waals surface area contributed by atoms with Gasteiger partial charge in [0.2, 0.25) is 0 Å². The molecule has 0 bridgehead atoms. The van der Waals surface area contributed by atoms with Crippen LogP contribution in [0.2, 0.25) is 0 Å². The summed E-state index contributed by atoms with van der Waals surface area (Å²) in [5.41, 5.74) is 1.97. The molecule has 4 rings (SSSR count). The Hall–Kier alpha value is -3.43. The zero-order valence-electron chi connectivity index (χ0n) is 15.5. The average molecular weight is 387 g/mol. The van der Waals surface area contributed by atoms with Crippen LogP contribution < -0.4 is 11.2 Å². The van der Waals surface area contributed by atoms with E-state index in [1.165, 1.54) is 15.9 Å². The molecule has 0 aliphatic rings. The number of thiophene rings is 1. The Morgan fingerprint density at radius 3 is 2.39 bits per heavy atom. The molecule has 0 amide bonds. The molecule has 0 aliphatic heterocycles. The molecule has 0 aliphatic carbocycles. The predicted molar refractivity (Wildman–Crippen MR) is 111 cm³/mol. The molecule has 0 spiro atoms. The Kier molecular flexibility index (Phi) is 4.46. The van der Waals surface area contributed by atoms with Gasteiger partial charge in [0.05, 0.1) is 29.3 Å². The molecule has 0 unspecified atom stereocenters. The fraction of sp³-hybridized carbons (Fsp3) is 0.136. The lowest BCUT2D eigenvalue weighted by molar-refractivity contribution is 0.718. The molecule has 0 radical (unpaired) electrons. The van der Waals surface area contributed by atoms with Gasteiger partial charge in [-0.3, -0.25) is 9.36 Å². The van der Waals surface area contributed by atoms with Gasteiger partial charge in [-0.15, -0.1) is 11.3 Å². The second kappa shape index (κ2) is 6.95. The van der Waals surface area contributed by atoms with Gasteiger partial charge in [0.1, 0.15) is 4.83 Å². The van der Waals surface area contributed by atoms with E-state index < -0.39 is 5.69 Å². The topological polar surface area (TPSA) is 67.8 Å². The molecule has 6 heteroatoms. The van der Waals surface area contributed by atoms with Gasteiger partial charge in [0.25, 0.3) is 5.56 Å². The van der Waals surface area contributed by atoms with E-state index in [0.717, 1.165) is 16.0 Å². The largest absolute Gasteiger partial charge is 0.337 e. The van der Waals surface area contributed by atoms with Crippen molar-refractivity contribution >= 4 is 21.6 Å². The third kappa shape index (κ3) is 2.77. The third-order valence-electron chi connectivity index (χ3n) is 4.93. The molecular formula is C22H17N3O2S. The van der Waals surface area contributed by atoms with E-state index in [0.29, 0.717) is 21.5 Å². The number of nitriles is 1. The summed E-state index contributed by atoms with van der Waals surface area (Å²) in [6, 6.07) is 18.3. The third-order valence-corrected chi connectivity index (χ3v) is 6.16. The van der Waals surface area contributed by atoms with Gasteiger partial charge < -0.3 is 0 Å². The summed E-state index contributed by atoms with van der Waals surface area (Å²) in [5.74, 6) is 0. The van der Waals surface area contributed by atoms with E-state index >= 15 is 0 Å². The van der Waals surface area contributed by atoms with Crippen molar-refractivity contribution in [3.05, 3.63) is 97.0 Å². The Morgan fingerprint density at radius 2 is 1.68 bits per heavy atom. The first-order chi connectivity index (χ1) is 13.5. The van der Waals surface area contributed by atoms with E-state index in [2.05, 4.69) is 6.07 Å². The van der Waals surface area contributed by atoms with Crippen molar-refractivity contribution in [1.29, 1.82) is 5.26 Å². The maximum atomic E-state index is 13.4. The monoisotopic (exact) mass is 387 g/mol. The molecule has 0 saturated carbocycles. The van der Waals surface area contributed by atoms with Crippen molar-refractivity contribution in [1.82, 2.24) is 9.13 Å². The first-order valence-corrected chi connectivity index (χ1v) is 9.63. The number of benzene rings is 2. The molecule has 2 heterocycles. The number of aryl methyl sites for hydroxylation is 2. The molecular weight excluding hydrogens is 370 g/mol. The van der Waals surface area contributed by atoms with Crippen LogP contribution in [0.4, 0.5) is 0 Å². The maximum absolute atomic E-state index is 13.4. The van der Waals surface area contributed by atoms with Gasteiger partial charge in [-0.25, -0.2) is 9.36 Å². The number of nitrogens with zero attached hydrogens (tertiary/aromatic N) is 3. The molecule has 0 saturated heterocycles. The van der Waals surface area contributed by atoms with E-state index in [4.69, 9.17) is 0 Å². The number of hydrogen-bond acceptors (Lipinski definition) is 4. The number of rotatable bonds is 3. The number of fused-ring (bicyclic) bond motifs is 1. The Bertz CT molecular complexity index is 1360. The normalized spacial score (nSPS) is 10.9. The van der Waals surface area contributed by atoms with Crippen molar-refractivity contribution in [3.8, 4) is 11.8 Å². The predicted octanol–water partition coefficient (Wildman–Crippen LogP) is 3.75. The minimum Gasteiger partial charge on any atom is -0.279 e. The zero-order valence-corrected chi connectivity index (χ0v) is 16.3. The highest BCUT2D eigenvalue weighted by molar-refractivity contribution is 7.18. The Balaban J connectivity index is 2.09. The SMILES string of the molecule is Cc1sc2c(c1C)c(=O)n(-c1ccccc1)c(=O)n2Cc1ccccc1C#N. The summed E-state index contributed by atoms with van der Waals surface area (Å²) in [6.45, 7) is 4.08. The van der Waals surface area contributed by atoms with Crippen molar-refractivity contribution in [3.63, 3.8) is 0 Å². The van der Waals surface area contributed by atoms with Gasteiger partial charge >= 0.3 is 5.69 Å². The summed E-state index contributed by atoms with van der Waals surface area (Å²) in [5, 5.41) is 9.97. The number of para-hydroxylation sites is 1. The van der Waals surface area contributed by atoms with Crippen LogP contribution in [-0.2, 0) is 6.54 Å². The molecule has 5 nitrogen and oxygen atoms in total. The van der Waals surface area contributed by atoms with Crippen molar-refractivity contribution in [2.75, 3.05) is 0 Å². The van der Waals surface area contributed by atoms with Gasteiger partial charge in [0.15, 0.2) is 0 Å². The highest BCUT2D eigenvalue weighted by Gasteiger charge is 2.20. The summed E-state index contributed by atoms with van der Waals surface area (Å²) in [7, 11) is 0. The van der Waals surface area contributed by atoms with Crippen molar-refractivity contribution in [2.24, 2.45) is 0 Å². The van der Waals surface area contributed by atoms with Gasteiger partial charge in [-0.1, -0.05) is 36.4 Å². The molecule has 4 aromatic rings. The van der Waals surface area contributed by atoms with Crippen LogP contribution in [0, 0.1) is 25.2 Å². The molecule has 138 valence electrons. The Morgan fingerprint density at radius 1 is 1.00 bits per heavy atom.